The summed E-state index contributed by atoms with van der Waals surface area (Å²) in [6.45, 7) is 3.34. The largest absolute Gasteiger partial charge is 0.463 e. The van der Waals surface area contributed by atoms with E-state index in [1.54, 1.807) is 0 Å². The van der Waals surface area contributed by atoms with Gasteiger partial charge in [-0.05, 0) is 13.8 Å². The monoisotopic (exact) mass is 390 g/mol. The minimum atomic E-state index is -3.51. The lowest BCUT2D eigenvalue weighted by Gasteiger charge is -2.56. The van der Waals surface area contributed by atoms with Crippen LogP contribution in [0.4, 0.5) is 0 Å². The van der Waals surface area contributed by atoms with Gasteiger partial charge in [-0.15, -0.1) is 0 Å². The van der Waals surface area contributed by atoms with E-state index in [2.05, 4.69) is 0 Å². The van der Waals surface area contributed by atoms with Gasteiger partial charge in [-0.1, -0.05) is 0 Å². The van der Waals surface area contributed by atoms with Crippen molar-refractivity contribution in [3.8, 4) is 0 Å². The first kappa shape index (κ1) is 22.8. The number of esters is 2. The van der Waals surface area contributed by atoms with Crippen molar-refractivity contribution in [3.05, 3.63) is 0 Å². The lowest BCUT2D eigenvalue weighted by atomic mass is 9.64. The Morgan fingerprint density at radius 3 is 1.70 bits per heavy atom. The topological polar surface area (TPSA) is 174 Å². The zero-order valence-electron chi connectivity index (χ0n) is 15.5. The van der Waals surface area contributed by atoms with Gasteiger partial charge in [-0.25, -0.2) is 0 Å². The van der Waals surface area contributed by atoms with E-state index < -0.39 is 65.1 Å². The molecule has 0 aromatic carbocycles. The fraction of sp³-hybridized carbons (Fsp3) is 0.688. The molecule has 0 amide bonds. The van der Waals surface area contributed by atoms with Gasteiger partial charge < -0.3 is 29.5 Å². The molecule has 1 aliphatic rings. The van der Waals surface area contributed by atoms with E-state index in [4.69, 9.17) is 14.2 Å². The van der Waals surface area contributed by atoms with Crippen LogP contribution in [0.3, 0.4) is 0 Å². The second-order valence-corrected chi connectivity index (χ2v) is 6.28. The smallest absolute Gasteiger partial charge is 0.303 e. The molecule has 11 heteroatoms. The minimum Gasteiger partial charge on any atom is -0.463 e. The van der Waals surface area contributed by atoms with Gasteiger partial charge in [0.2, 0.25) is 11.2 Å². The van der Waals surface area contributed by atoms with Crippen LogP contribution in [0.5, 0.6) is 0 Å². The second kappa shape index (κ2) is 7.43. The molecule has 0 aromatic rings. The summed E-state index contributed by atoms with van der Waals surface area (Å²) in [5.74, 6) is -9.29. The lowest BCUT2D eigenvalue weighted by molar-refractivity contribution is -0.375. The first-order valence-electron chi connectivity index (χ1n) is 7.84. The van der Waals surface area contributed by atoms with Crippen molar-refractivity contribution in [1.29, 1.82) is 0 Å². The predicted molar refractivity (Wildman–Crippen MR) is 84.0 cm³/mol. The average molecular weight is 390 g/mol. The number of Topliss-reactive ketones (excluding diaryl/α,β-unsaturated/α-hetero) is 3. The lowest BCUT2D eigenvalue weighted by Crippen LogP contribution is -2.85. The molecule has 152 valence electrons. The molecule has 0 bridgehead atoms. The quantitative estimate of drug-likeness (QED) is 0.420. The Morgan fingerprint density at radius 2 is 1.37 bits per heavy atom. The van der Waals surface area contributed by atoms with Crippen molar-refractivity contribution in [2.75, 3.05) is 6.61 Å². The molecule has 0 spiro atoms. The molecular formula is C16H22O11. The van der Waals surface area contributed by atoms with E-state index in [0.717, 1.165) is 27.7 Å². The molecule has 0 radical (unpaired) electrons. The Morgan fingerprint density at radius 1 is 0.852 bits per heavy atom. The zero-order chi connectivity index (χ0) is 21.4. The Hall–Kier alpha value is -2.21. The minimum absolute atomic E-state index is 0.697. The molecule has 3 N–H and O–H groups in total. The third-order valence-electron chi connectivity index (χ3n) is 4.38. The Bertz CT molecular complexity index is 686. The number of hydrogen-bond donors (Lipinski definition) is 3. The first-order chi connectivity index (χ1) is 12.2. The van der Waals surface area contributed by atoms with Crippen molar-refractivity contribution in [1.82, 2.24) is 0 Å². The highest BCUT2D eigenvalue weighted by Gasteiger charge is 2.78. The van der Waals surface area contributed by atoms with Gasteiger partial charge in [0.1, 0.15) is 12.7 Å². The average Bonchev–Trinajstić information content (AvgIpc) is 2.52. The van der Waals surface area contributed by atoms with E-state index in [1.807, 2.05) is 0 Å². The van der Waals surface area contributed by atoms with E-state index in [-0.39, 0.29) is 0 Å². The van der Waals surface area contributed by atoms with Crippen molar-refractivity contribution in [3.63, 3.8) is 0 Å². The summed E-state index contributed by atoms with van der Waals surface area (Å²) in [6, 6.07) is 0. The first-order valence-corrected chi connectivity index (χ1v) is 7.84. The van der Waals surface area contributed by atoms with Crippen LogP contribution in [0.25, 0.3) is 0 Å². The van der Waals surface area contributed by atoms with Crippen LogP contribution < -0.4 is 0 Å². The number of aliphatic hydroxyl groups is 3. The van der Waals surface area contributed by atoms with Gasteiger partial charge in [0.05, 0.1) is 0 Å². The highest BCUT2D eigenvalue weighted by Crippen LogP contribution is 2.46. The van der Waals surface area contributed by atoms with Crippen molar-refractivity contribution >= 4 is 29.3 Å². The summed E-state index contributed by atoms with van der Waals surface area (Å²) in [4.78, 5) is 59.1. The molecule has 0 aliphatic carbocycles. The number of carbonyl (C=O) groups excluding carboxylic acids is 5. The molecule has 11 nitrogen and oxygen atoms in total. The number of ether oxygens (including phenoxy) is 3. The molecule has 1 heterocycles. The third kappa shape index (κ3) is 3.38. The summed E-state index contributed by atoms with van der Waals surface area (Å²) in [7, 11) is 0. The fourth-order valence-electron chi connectivity index (χ4n) is 3.06. The van der Waals surface area contributed by atoms with Crippen LogP contribution in [-0.2, 0) is 38.2 Å². The molecule has 0 aromatic heterocycles. The maximum absolute atomic E-state index is 12.3. The van der Waals surface area contributed by atoms with Gasteiger partial charge in [0.25, 0.3) is 5.79 Å². The van der Waals surface area contributed by atoms with Gasteiger partial charge in [0.15, 0.2) is 23.5 Å². The summed E-state index contributed by atoms with van der Waals surface area (Å²) >= 11 is 0. The van der Waals surface area contributed by atoms with Gasteiger partial charge in [0, 0.05) is 20.8 Å². The molecule has 0 saturated carbocycles. The maximum Gasteiger partial charge on any atom is 0.303 e. The van der Waals surface area contributed by atoms with Crippen LogP contribution in [0.15, 0.2) is 0 Å². The molecule has 27 heavy (non-hydrogen) atoms. The number of hydrogen-bond acceptors (Lipinski definition) is 11. The number of rotatable bonds is 6. The predicted octanol–water partition coefficient (Wildman–Crippen LogP) is -2.20. The molecule has 1 aliphatic heterocycles. The number of ketones is 3. The van der Waals surface area contributed by atoms with E-state index in [0.29, 0.717) is 6.92 Å². The highest BCUT2D eigenvalue weighted by molar-refractivity contribution is 6.04. The summed E-state index contributed by atoms with van der Waals surface area (Å²) in [6.07, 6.45) is -3.85. The van der Waals surface area contributed by atoms with Crippen LogP contribution in [-0.4, -0.2) is 80.4 Å². The standard InChI is InChI=1S/C16H22O11/c1-7(17)14(22)13(26-11(5)21)12(6-25-10(4)20)27-16(24,9(3)19)15(14,23)8(2)18/h12-13,22-24H,6H2,1-5H3/t12-,13-,14+,15+,16+/m1/s1. The maximum atomic E-state index is 12.3. The molecule has 1 saturated heterocycles. The molecule has 0 unspecified atom stereocenters. The van der Waals surface area contributed by atoms with Crippen LogP contribution in [0.2, 0.25) is 0 Å². The van der Waals surface area contributed by atoms with Gasteiger partial charge in [-0.3, -0.25) is 24.0 Å². The van der Waals surface area contributed by atoms with Crippen LogP contribution in [0.1, 0.15) is 34.6 Å². The normalized spacial score (nSPS) is 35.9. The molecule has 5 atom stereocenters. The Balaban J connectivity index is 3.77. The SMILES string of the molecule is CC(=O)OC[C@H]1O[C@@](O)(C(C)=O)[C@](O)(C(C)=O)[C@](O)(C(C)=O)[C@@H]1OC(C)=O. The summed E-state index contributed by atoms with van der Waals surface area (Å²) in [5, 5.41) is 32.6. The molecule has 1 rings (SSSR count). The zero-order valence-corrected chi connectivity index (χ0v) is 15.5. The van der Waals surface area contributed by atoms with Gasteiger partial charge in [-0.2, -0.15) is 0 Å². The third-order valence-corrected chi connectivity index (χ3v) is 4.38. The van der Waals surface area contributed by atoms with E-state index >= 15 is 0 Å². The fourth-order valence-corrected chi connectivity index (χ4v) is 3.06. The summed E-state index contributed by atoms with van der Waals surface area (Å²) < 4.78 is 14.7. The Labute approximate surface area is 154 Å². The van der Waals surface area contributed by atoms with Gasteiger partial charge >= 0.3 is 11.9 Å². The van der Waals surface area contributed by atoms with Crippen LogP contribution in [0, 0.1) is 0 Å². The molecule has 1 fully saturated rings. The highest BCUT2D eigenvalue weighted by atomic mass is 16.7. The number of carbonyl (C=O) groups is 5. The van der Waals surface area contributed by atoms with Crippen molar-refractivity contribution in [2.45, 2.75) is 63.8 Å². The molecular weight excluding hydrogens is 368 g/mol. The van der Waals surface area contributed by atoms with E-state index in [9.17, 15) is 39.3 Å². The van der Waals surface area contributed by atoms with Crippen molar-refractivity contribution < 1.29 is 53.5 Å². The summed E-state index contributed by atoms with van der Waals surface area (Å²) in [5.41, 5.74) is -6.79. The van der Waals surface area contributed by atoms with Crippen LogP contribution >= 0.6 is 0 Å². The van der Waals surface area contributed by atoms with E-state index in [1.165, 1.54) is 0 Å². The second-order valence-electron chi connectivity index (χ2n) is 6.28. The van der Waals surface area contributed by atoms with Crippen molar-refractivity contribution in [2.24, 2.45) is 0 Å². The Kier molecular flexibility index (Phi) is 6.28.